The standard InChI is InChI=1S/C6H9BN2O3/c1-2-12-6-4-8-5(3-9-6)7(10)11/h3-4,10-11H,2H2,1H3. The SMILES string of the molecule is CCOc1cnc(B(O)O)cn1. The average Bonchev–Trinajstić information content (AvgIpc) is 2.06. The van der Waals surface area contributed by atoms with E-state index in [1.807, 2.05) is 6.92 Å². The summed E-state index contributed by atoms with van der Waals surface area (Å²) in [7, 11) is -1.58. The van der Waals surface area contributed by atoms with Crippen molar-refractivity contribution >= 4 is 12.7 Å². The minimum Gasteiger partial charge on any atom is -0.477 e. The lowest BCUT2D eigenvalue weighted by molar-refractivity contribution is 0.325. The quantitative estimate of drug-likeness (QED) is 0.540. The summed E-state index contributed by atoms with van der Waals surface area (Å²) in [5, 5.41) is 17.3. The van der Waals surface area contributed by atoms with E-state index >= 15 is 0 Å². The van der Waals surface area contributed by atoms with Crippen LogP contribution in [0.4, 0.5) is 0 Å². The largest absolute Gasteiger partial charge is 0.509 e. The van der Waals surface area contributed by atoms with E-state index in [9.17, 15) is 0 Å². The molecule has 2 N–H and O–H groups in total. The molecule has 0 saturated carbocycles. The smallest absolute Gasteiger partial charge is 0.477 e. The highest BCUT2D eigenvalue weighted by Crippen LogP contribution is 1.98. The second-order valence-electron chi connectivity index (χ2n) is 2.09. The van der Waals surface area contributed by atoms with Gasteiger partial charge in [-0.1, -0.05) is 0 Å². The first-order valence-corrected chi connectivity index (χ1v) is 3.55. The van der Waals surface area contributed by atoms with E-state index in [1.54, 1.807) is 0 Å². The lowest BCUT2D eigenvalue weighted by atomic mass is 9.87. The molecule has 64 valence electrons. The Kier molecular flexibility index (Phi) is 3.01. The summed E-state index contributed by atoms with van der Waals surface area (Å²) in [5.41, 5.74) is 0.110. The van der Waals surface area contributed by atoms with E-state index in [0.717, 1.165) is 0 Å². The third-order valence-electron chi connectivity index (χ3n) is 1.20. The van der Waals surface area contributed by atoms with Crippen molar-refractivity contribution in [1.82, 2.24) is 9.97 Å². The predicted molar refractivity (Wildman–Crippen MR) is 43.0 cm³/mol. The van der Waals surface area contributed by atoms with Crippen LogP contribution in [0, 0.1) is 0 Å². The summed E-state index contributed by atoms with van der Waals surface area (Å²) >= 11 is 0. The Bertz CT molecular complexity index is 239. The number of rotatable bonds is 3. The van der Waals surface area contributed by atoms with Crippen LogP contribution in [-0.2, 0) is 0 Å². The van der Waals surface area contributed by atoms with Crippen LogP contribution in [0.5, 0.6) is 5.88 Å². The van der Waals surface area contributed by atoms with Crippen LogP contribution in [-0.4, -0.2) is 33.7 Å². The molecule has 0 saturated heterocycles. The van der Waals surface area contributed by atoms with Gasteiger partial charge in [-0.2, -0.15) is 0 Å². The molecule has 1 aromatic heterocycles. The summed E-state index contributed by atoms with van der Waals surface area (Å²) in [6, 6.07) is 0. The highest BCUT2D eigenvalue weighted by Gasteiger charge is 2.12. The number of aromatic nitrogens is 2. The molecule has 0 spiro atoms. The van der Waals surface area contributed by atoms with Gasteiger partial charge in [-0.05, 0) is 6.92 Å². The third-order valence-corrected chi connectivity index (χ3v) is 1.20. The van der Waals surface area contributed by atoms with Gasteiger partial charge in [0.15, 0.2) is 0 Å². The van der Waals surface area contributed by atoms with Crippen LogP contribution < -0.4 is 10.3 Å². The normalized spacial score (nSPS) is 9.58. The predicted octanol–water partition coefficient (Wildman–Crippen LogP) is -1.44. The molecule has 1 aromatic rings. The zero-order valence-electron chi connectivity index (χ0n) is 6.64. The Hall–Kier alpha value is -1.14. The van der Waals surface area contributed by atoms with Gasteiger partial charge in [0.1, 0.15) is 0 Å². The lowest BCUT2D eigenvalue weighted by Crippen LogP contribution is -2.32. The summed E-state index contributed by atoms with van der Waals surface area (Å²) in [4.78, 5) is 7.49. The highest BCUT2D eigenvalue weighted by molar-refractivity contribution is 6.57. The van der Waals surface area contributed by atoms with E-state index < -0.39 is 7.12 Å². The molecule has 0 fully saturated rings. The van der Waals surface area contributed by atoms with Crippen LogP contribution in [0.1, 0.15) is 6.92 Å². The number of ether oxygens (including phenoxy) is 1. The topological polar surface area (TPSA) is 75.5 Å². The van der Waals surface area contributed by atoms with Crippen molar-refractivity contribution in [3.63, 3.8) is 0 Å². The van der Waals surface area contributed by atoms with E-state index in [1.165, 1.54) is 12.4 Å². The van der Waals surface area contributed by atoms with Gasteiger partial charge in [0.25, 0.3) is 0 Å². The summed E-state index contributed by atoms with van der Waals surface area (Å²) in [6.45, 7) is 2.34. The molecule has 0 aliphatic heterocycles. The number of hydrogen-bond acceptors (Lipinski definition) is 5. The molecule has 0 amide bonds. The van der Waals surface area contributed by atoms with Crippen LogP contribution in [0.3, 0.4) is 0 Å². The fourth-order valence-corrected chi connectivity index (χ4v) is 0.682. The molecule has 0 aliphatic rings. The number of nitrogens with zero attached hydrogens (tertiary/aromatic N) is 2. The molecule has 0 aromatic carbocycles. The average molecular weight is 168 g/mol. The molecule has 6 heteroatoms. The van der Waals surface area contributed by atoms with Crippen molar-refractivity contribution in [3.8, 4) is 5.88 Å². The molecule has 0 radical (unpaired) electrons. The maximum absolute atomic E-state index is 8.66. The fourth-order valence-electron chi connectivity index (χ4n) is 0.682. The molecule has 0 unspecified atom stereocenters. The van der Waals surface area contributed by atoms with Crippen LogP contribution in [0.2, 0.25) is 0 Å². The summed E-state index contributed by atoms with van der Waals surface area (Å²) < 4.78 is 5.00. The van der Waals surface area contributed by atoms with Crippen LogP contribution in [0.25, 0.3) is 0 Å². The first-order chi connectivity index (χ1) is 5.74. The van der Waals surface area contributed by atoms with Gasteiger partial charge in [-0.25, -0.2) is 4.98 Å². The van der Waals surface area contributed by atoms with Gasteiger partial charge >= 0.3 is 7.12 Å². The molecule has 0 bridgehead atoms. The summed E-state index contributed by atoms with van der Waals surface area (Å²) in [6.07, 6.45) is 2.61. The zero-order valence-corrected chi connectivity index (χ0v) is 6.64. The minimum absolute atomic E-state index is 0.110. The maximum atomic E-state index is 8.66. The monoisotopic (exact) mass is 168 g/mol. The van der Waals surface area contributed by atoms with Crippen molar-refractivity contribution in [3.05, 3.63) is 12.4 Å². The Labute approximate surface area is 70.2 Å². The molecule has 0 aliphatic carbocycles. The molecular weight excluding hydrogens is 159 g/mol. The van der Waals surface area contributed by atoms with Crippen molar-refractivity contribution in [2.24, 2.45) is 0 Å². The summed E-state index contributed by atoms with van der Waals surface area (Å²) in [5.74, 6) is 0.377. The second-order valence-corrected chi connectivity index (χ2v) is 2.09. The van der Waals surface area contributed by atoms with Gasteiger partial charge in [-0.15, -0.1) is 0 Å². The van der Waals surface area contributed by atoms with E-state index in [-0.39, 0.29) is 5.59 Å². The van der Waals surface area contributed by atoms with Crippen molar-refractivity contribution in [2.75, 3.05) is 6.61 Å². The van der Waals surface area contributed by atoms with E-state index in [4.69, 9.17) is 14.8 Å². The Morgan fingerprint density at radius 1 is 1.42 bits per heavy atom. The minimum atomic E-state index is -1.58. The first kappa shape index (κ1) is 8.96. The van der Waals surface area contributed by atoms with Gasteiger partial charge < -0.3 is 14.8 Å². The Morgan fingerprint density at radius 2 is 2.17 bits per heavy atom. The molecule has 0 atom stereocenters. The zero-order chi connectivity index (χ0) is 8.97. The van der Waals surface area contributed by atoms with E-state index in [2.05, 4.69) is 9.97 Å². The molecule has 12 heavy (non-hydrogen) atoms. The van der Waals surface area contributed by atoms with Crippen molar-refractivity contribution < 1.29 is 14.8 Å². The molecular formula is C6H9BN2O3. The van der Waals surface area contributed by atoms with Gasteiger partial charge in [0, 0.05) is 6.20 Å². The van der Waals surface area contributed by atoms with Crippen molar-refractivity contribution in [2.45, 2.75) is 6.92 Å². The molecule has 1 heterocycles. The Morgan fingerprint density at radius 3 is 2.58 bits per heavy atom. The molecule has 5 nitrogen and oxygen atoms in total. The number of hydrogen-bond donors (Lipinski definition) is 2. The maximum Gasteiger partial charge on any atom is 0.509 e. The first-order valence-electron chi connectivity index (χ1n) is 3.55. The molecule has 1 rings (SSSR count). The van der Waals surface area contributed by atoms with Gasteiger partial charge in [-0.3, -0.25) is 4.98 Å². The Balaban J connectivity index is 2.71. The second kappa shape index (κ2) is 4.03. The van der Waals surface area contributed by atoms with Gasteiger partial charge in [0.05, 0.1) is 18.4 Å². The lowest BCUT2D eigenvalue weighted by Gasteiger charge is -2.01. The highest BCUT2D eigenvalue weighted by atomic mass is 16.5. The van der Waals surface area contributed by atoms with Crippen molar-refractivity contribution in [1.29, 1.82) is 0 Å². The van der Waals surface area contributed by atoms with Crippen LogP contribution in [0.15, 0.2) is 12.4 Å². The van der Waals surface area contributed by atoms with Gasteiger partial charge in [0.2, 0.25) is 5.88 Å². The van der Waals surface area contributed by atoms with Crippen LogP contribution >= 0.6 is 0 Å². The third kappa shape index (κ3) is 2.18. The fraction of sp³-hybridized carbons (Fsp3) is 0.333. The van der Waals surface area contributed by atoms with E-state index in [0.29, 0.717) is 12.5 Å².